The molecule has 1 saturated carbocycles. The van der Waals surface area contributed by atoms with Crippen LogP contribution in [0.15, 0.2) is 12.2 Å². The largest absolute Gasteiger partial charge is 0.378 e. The minimum atomic E-state index is 0.373. The number of hydrogen-bond acceptors (Lipinski definition) is 2. The molecule has 2 nitrogen and oxygen atoms in total. The van der Waals surface area contributed by atoms with Gasteiger partial charge in [-0.1, -0.05) is 12.2 Å². The third-order valence-electron chi connectivity index (χ3n) is 2.65. The Bertz CT molecular complexity index is 159. The van der Waals surface area contributed by atoms with Crippen molar-refractivity contribution in [3.8, 4) is 0 Å². The van der Waals surface area contributed by atoms with Crippen molar-refractivity contribution in [2.45, 2.75) is 51.7 Å². The fourth-order valence-electron chi connectivity index (χ4n) is 2.06. The first kappa shape index (κ1) is 11.7. The molecule has 1 aliphatic rings. The molecule has 0 radical (unpaired) electrons. The van der Waals surface area contributed by atoms with E-state index in [-0.39, 0.29) is 0 Å². The monoisotopic (exact) mass is 198 g/mol. The predicted molar refractivity (Wildman–Crippen MR) is 58.4 cm³/mol. The van der Waals surface area contributed by atoms with E-state index in [1.54, 1.807) is 0 Å². The Morgan fingerprint density at radius 2 is 1.50 bits per heavy atom. The van der Waals surface area contributed by atoms with Crippen LogP contribution < -0.4 is 0 Å². The highest BCUT2D eigenvalue weighted by Gasteiger charge is 2.20. The molecule has 2 unspecified atom stereocenters. The van der Waals surface area contributed by atoms with Gasteiger partial charge in [0.1, 0.15) is 0 Å². The summed E-state index contributed by atoms with van der Waals surface area (Å²) in [6.45, 7) is 9.78. The second-order valence-corrected chi connectivity index (χ2v) is 3.89. The summed E-state index contributed by atoms with van der Waals surface area (Å²) in [5.41, 5.74) is 1.28. The molecule has 0 spiro atoms. The molecule has 0 aromatic rings. The van der Waals surface area contributed by atoms with Crippen LogP contribution in [0.1, 0.15) is 39.5 Å². The smallest absolute Gasteiger partial charge is 0.0612 e. The van der Waals surface area contributed by atoms with Crippen molar-refractivity contribution in [2.24, 2.45) is 0 Å². The van der Waals surface area contributed by atoms with Gasteiger partial charge in [0.15, 0.2) is 0 Å². The first-order valence-corrected chi connectivity index (χ1v) is 5.66. The highest BCUT2D eigenvalue weighted by atomic mass is 16.5. The van der Waals surface area contributed by atoms with Gasteiger partial charge < -0.3 is 9.47 Å². The lowest BCUT2D eigenvalue weighted by atomic mass is 10.1. The Morgan fingerprint density at radius 1 is 1.07 bits per heavy atom. The summed E-state index contributed by atoms with van der Waals surface area (Å²) in [6, 6.07) is 0. The Hall–Kier alpha value is -0.340. The minimum absolute atomic E-state index is 0.373. The first-order valence-electron chi connectivity index (χ1n) is 5.66. The molecule has 0 aromatic heterocycles. The number of ether oxygens (including phenoxy) is 2. The number of rotatable bonds is 4. The van der Waals surface area contributed by atoms with Gasteiger partial charge in [-0.2, -0.15) is 0 Å². The maximum absolute atomic E-state index is 5.64. The lowest BCUT2D eigenvalue weighted by molar-refractivity contribution is 0.0338. The van der Waals surface area contributed by atoms with Gasteiger partial charge in [0.2, 0.25) is 0 Å². The molecule has 1 rings (SSSR count). The summed E-state index contributed by atoms with van der Waals surface area (Å²) in [7, 11) is 0. The van der Waals surface area contributed by atoms with Gasteiger partial charge in [-0.15, -0.1) is 0 Å². The van der Waals surface area contributed by atoms with Crippen LogP contribution in [0.5, 0.6) is 0 Å². The Balaban J connectivity index is 2.40. The van der Waals surface area contributed by atoms with Crippen molar-refractivity contribution in [3.05, 3.63) is 12.2 Å². The topological polar surface area (TPSA) is 18.5 Å². The molecule has 0 heterocycles. The highest BCUT2D eigenvalue weighted by molar-refractivity contribution is 5.01. The van der Waals surface area contributed by atoms with E-state index in [1.165, 1.54) is 5.57 Å². The van der Waals surface area contributed by atoms with Gasteiger partial charge in [-0.25, -0.2) is 0 Å². The molecular formula is C12H22O2. The van der Waals surface area contributed by atoms with Gasteiger partial charge in [-0.05, 0) is 39.5 Å². The van der Waals surface area contributed by atoms with E-state index >= 15 is 0 Å². The van der Waals surface area contributed by atoms with Crippen molar-refractivity contribution in [1.82, 2.24) is 0 Å². The minimum Gasteiger partial charge on any atom is -0.378 e. The molecule has 2 atom stereocenters. The van der Waals surface area contributed by atoms with Gasteiger partial charge in [0.25, 0.3) is 0 Å². The zero-order chi connectivity index (χ0) is 10.4. The summed E-state index contributed by atoms with van der Waals surface area (Å²) in [5.74, 6) is 0. The molecule has 0 bridgehead atoms. The van der Waals surface area contributed by atoms with Gasteiger partial charge in [-0.3, -0.25) is 0 Å². The zero-order valence-corrected chi connectivity index (χ0v) is 9.42. The van der Waals surface area contributed by atoms with E-state index in [4.69, 9.17) is 9.47 Å². The van der Waals surface area contributed by atoms with Gasteiger partial charge in [0.05, 0.1) is 12.2 Å². The van der Waals surface area contributed by atoms with Crippen LogP contribution >= 0.6 is 0 Å². The van der Waals surface area contributed by atoms with Crippen LogP contribution in [-0.4, -0.2) is 25.4 Å². The maximum Gasteiger partial charge on any atom is 0.0612 e. The number of hydrogen-bond donors (Lipinski definition) is 0. The van der Waals surface area contributed by atoms with Crippen LogP contribution in [-0.2, 0) is 9.47 Å². The van der Waals surface area contributed by atoms with Crippen molar-refractivity contribution >= 4 is 0 Å². The SMILES string of the molecule is C=C1CC(OCC)CCC(OCC)C1. The second-order valence-electron chi connectivity index (χ2n) is 3.89. The summed E-state index contributed by atoms with van der Waals surface area (Å²) in [5, 5.41) is 0. The van der Waals surface area contributed by atoms with Crippen molar-refractivity contribution in [2.75, 3.05) is 13.2 Å². The molecule has 1 fully saturated rings. The van der Waals surface area contributed by atoms with Gasteiger partial charge >= 0.3 is 0 Å². The molecule has 2 heteroatoms. The van der Waals surface area contributed by atoms with E-state index in [1.807, 2.05) is 13.8 Å². The van der Waals surface area contributed by atoms with Crippen LogP contribution in [0.3, 0.4) is 0 Å². The predicted octanol–water partition coefficient (Wildman–Crippen LogP) is 2.93. The normalized spacial score (nSPS) is 28.9. The zero-order valence-electron chi connectivity index (χ0n) is 9.42. The van der Waals surface area contributed by atoms with E-state index in [2.05, 4.69) is 6.58 Å². The van der Waals surface area contributed by atoms with Crippen LogP contribution in [0.4, 0.5) is 0 Å². The Kier molecular flexibility index (Phi) is 5.20. The quantitative estimate of drug-likeness (QED) is 0.511. The van der Waals surface area contributed by atoms with E-state index < -0.39 is 0 Å². The summed E-state index contributed by atoms with van der Waals surface area (Å²) in [6.07, 6.45) is 4.99. The van der Waals surface area contributed by atoms with Gasteiger partial charge in [0, 0.05) is 13.2 Å². The molecule has 0 saturated heterocycles. The van der Waals surface area contributed by atoms with Crippen molar-refractivity contribution in [1.29, 1.82) is 0 Å². The summed E-state index contributed by atoms with van der Waals surface area (Å²) >= 11 is 0. The first-order chi connectivity index (χ1) is 6.76. The molecule has 14 heavy (non-hydrogen) atoms. The lowest BCUT2D eigenvalue weighted by Crippen LogP contribution is -2.14. The maximum atomic E-state index is 5.64. The van der Waals surface area contributed by atoms with Crippen LogP contribution in [0.2, 0.25) is 0 Å². The Labute approximate surface area is 87.3 Å². The lowest BCUT2D eigenvalue weighted by Gasteiger charge is -2.14. The molecule has 0 N–H and O–H groups in total. The van der Waals surface area contributed by atoms with Crippen LogP contribution in [0, 0.1) is 0 Å². The fraction of sp³-hybridized carbons (Fsp3) is 0.833. The highest BCUT2D eigenvalue weighted by Crippen LogP contribution is 2.25. The third-order valence-corrected chi connectivity index (χ3v) is 2.65. The van der Waals surface area contributed by atoms with E-state index in [9.17, 15) is 0 Å². The second kappa shape index (κ2) is 6.20. The van der Waals surface area contributed by atoms with E-state index in [0.29, 0.717) is 12.2 Å². The Morgan fingerprint density at radius 3 is 1.86 bits per heavy atom. The van der Waals surface area contributed by atoms with Crippen molar-refractivity contribution in [3.63, 3.8) is 0 Å². The van der Waals surface area contributed by atoms with E-state index in [0.717, 1.165) is 38.9 Å². The molecule has 0 aromatic carbocycles. The average Bonchev–Trinajstić information content (AvgIpc) is 2.29. The van der Waals surface area contributed by atoms with Crippen LogP contribution in [0.25, 0.3) is 0 Å². The average molecular weight is 198 g/mol. The molecular weight excluding hydrogens is 176 g/mol. The third kappa shape index (κ3) is 3.81. The molecule has 0 amide bonds. The summed E-state index contributed by atoms with van der Waals surface area (Å²) in [4.78, 5) is 0. The van der Waals surface area contributed by atoms with Crippen molar-refractivity contribution < 1.29 is 9.47 Å². The fourth-order valence-corrected chi connectivity index (χ4v) is 2.06. The molecule has 1 aliphatic carbocycles. The molecule has 0 aliphatic heterocycles. The standard InChI is InChI=1S/C12H22O2/c1-4-13-11-6-7-12(14-5-2)9-10(3)8-11/h11-12H,3-9H2,1-2H3. The molecule has 82 valence electrons. The summed E-state index contributed by atoms with van der Waals surface area (Å²) < 4.78 is 11.3.